The van der Waals surface area contributed by atoms with E-state index in [4.69, 9.17) is 9.84 Å². The van der Waals surface area contributed by atoms with Crippen molar-refractivity contribution in [1.82, 2.24) is 14.9 Å². The highest BCUT2D eigenvalue weighted by Gasteiger charge is 2.32. The normalized spacial score (nSPS) is 14.1. The maximum Gasteiger partial charge on any atom is 0.405 e. The lowest BCUT2D eigenvalue weighted by atomic mass is 10.00. The van der Waals surface area contributed by atoms with Crippen LogP contribution in [0.15, 0.2) is 59.5 Å². The molecule has 0 aliphatic carbocycles. The van der Waals surface area contributed by atoms with Gasteiger partial charge in [0.15, 0.2) is 0 Å². The van der Waals surface area contributed by atoms with Crippen LogP contribution in [0.25, 0.3) is 0 Å². The predicted molar refractivity (Wildman–Crippen MR) is 141 cm³/mol. The van der Waals surface area contributed by atoms with Crippen LogP contribution >= 0.6 is 0 Å². The fraction of sp³-hybridized carbons (Fsp3) is 0.462. The molecule has 0 aromatic heterocycles. The average molecular weight is 552 g/mol. The molecule has 2 amide bonds. The molecule has 5 N–H and O–H groups in total. The zero-order chi connectivity index (χ0) is 28.3. The van der Waals surface area contributed by atoms with Crippen molar-refractivity contribution in [3.63, 3.8) is 0 Å². The van der Waals surface area contributed by atoms with E-state index in [1.54, 1.807) is 24.3 Å². The highest BCUT2D eigenvalue weighted by molar-refractivity contribution is 7.89. The molecule has 0 saturated carbocycles. The van der Waals surface area contributed by atoms with Crippen LogP contribution in [-0.2, 0) is 21.2 Å². The summed E-state index contributed by atoms with van der Waals surface area (Å²) in [4.78, 5) is 24.1. The number of nitrogens with zero attached hydrogens (tertiary/aromatic N) is 1. The number of carbonyl (C=O) groups is 2. The molecule has 0 unspecified atom stereocenters. The van der Waals surface area contributed by atoms with Crippen molar-refractivity contribution in [2.45, 2.75) is 49.8 Å². The first-order chi connectivity index (χ1) is 18.0. The van der Waals surface area contributed by atoms with E-state index < -0.39 is 46.8 Å². The van der Waals surface area contributed by atoms with Crippen LogP contribution in [0.1, 0.15) is 25.8 Å². The SMILES string of the molecule is COc1ccc(S(=O)(=O)N(CC(C)C)C[C@H](O)[C@H](Cc2ccccc2)NC(=O)[C@H](CCO)NC(=O)O)cc1. The Hall–Kier alpha value is -3.19. The quantitative estimate of drug-likeness (QED) is 0.222. The number of rotatable bonds is 15. The molecule has 38 heavy (non-hydrogen) atoms. The minimum Gasteiger partial charge on any atom is -0.497 e. The van der Waals surface area contributed by atoms with Crippen molar-refractivity contribution in [2.75, 3.05) is 26.8 Å². The van der Waals surface area contributed by atoms with E-state index in [-0.39, 0.29) is 36.7 Å². The number of carboxylic acid groups (broad SMARTS) is 1. The van der Waals surface area contributed by atoms with Gasteiger partial charge in [0.2, 0.25) is 15.9 Å². The summed E-state index contributed by atoms with van der Waals surface area (Å²) in [6.07, 6.45) is -2.79. The van der Waals surface area contributed by atoms with Gasteiger partial charge in [-0.05, 0) is 48.6 Å². The smallest absolute Gasteiger partial charge is 0.405 e. The van der Waals surface area contributed by atoms with Crippen molar-refractivity contribution < 1.29 is 38.1 Å². The highest BCUT2D eigenvalue weighted by atomic mass is 32.2. The molecule has 2 aromatic carbocycles. The summed E-state index contributed by atoms with van der Waals surface area (Å²) < 4.78 is 33.3. The monoisotopic (exact) mass is 551 g/mol. The highest BCUT2D eigenvalue weighted by Crippen LogP contribution is 2.21. The number of methoxy groups -OCH3 is 1. The Bertz CT molecular complexity index is 1130. The molecule has 0 saturated heterocycles. The summed E-state index contributed by atoms with van der Waals surface area (Å²) in [6.45, 7) is 3.06. The Labute approximate surface area is 223 Å². The summed E-state index contributed by atoms with van der Waals surface area (Å²) in [5.41, 5.74) is 0.773. The number of benzene rings is 2. The van der Waals surface area contributed by atoms with E-state index in [0.717, 1.165) is 5.56 Å². The molecule has 11 nitrogen and oxygen atoms in total. The fourth-order valence-corrected chi connectivity index (χ4v) is 5.51. The summed E-state index contributed by atoms with van der Waals surface area (Å²) in [5, 5.41) is 34.3. The second-order valence-corrected chi connectivity index (χ2v) is 11.2. The minimum atomic E-state index is -4.01. The first kappa shape index (κ1) is 31.0. The molecular formula is C26H37N3O8S. The fourth-order valence-electron chi connectivity index (χ4n) is 3.89. The van der Waals surface area contributed by atoms with Gasteiger partial charge < -0.3 is 30.7 Å². The average Bonchev–Trinajstić information content (AvgIpc) is 2.87. The summed E-state index contributed by atoms with van der Waals surface area (Å²) >= 11 is 0. The molecule has 0 aliphatic heterocycles. The molecule has 0 bridgehead atoms. The van der Waals surface area contributed by atoms with Crippen molar-refractivity contribution in [1.29, 1.82) is 0 Å². The van der Waals surface area contributed by atoms with Crippen molar-refractivity contribution in [3.05, 3.63) is 60.2 Å². The Morgan fingerprint density at radius 2 is 1.63 bits per heavy atom. The zero-order valence-electron chi connectivity index (χ0n) is 21.8. The van der Waals surface area contributed by atoms with E-state index >= 15 is 0 Å². The third kappa shape index (κ3) is 9.28. The predicted octanol–water partition coefficient (Wildman–Crippen LogP) is 1.45. The van der Waals surface area contributed by atoms with Gasteiger partial charge in [-0.3, -0.25) is 4.79 Å². The summed E-state index contributed by atoms with van der Waals surface area (Å²) in [7, 11) is -2.53. The van der Waals surface area contributed by atoms with Crippen LogP contribution in [0.5, 0.6) is 5.75 Å². The zero-order valence-corrected chi connectivity index (χ0v) is 22.6. The van der Waals surface area contributed by atoms with Gasteiger partial charge in [0.1, 0.15) is 11.8 Å². The van der Waals surface area contributed by atoms with Crippen molar-refractivity contribution in [2.24, 2.45) is 5.92 Å². The molecule has 0 spiro atoms. The van der Waals surface area contributed by atoms with Crippen LogP contribution in [0, 0.1) is 5.92 Å². The maximum atomic E-state index is 13.5. The number of sulfonamides is 1. The van der Waals surface area contributed by atoms with Crippen LogP contribution in [0.3, 0.4) is 0 Å². The molecule has 2 aromatic rings. The second-order valence-electron chi connectivity index (χ2n) is 9.28. The van der Waals surface area contributed by atoms with E-state index in [9.17, 15) is 28.2 Å². The summed E-state index contributed by atoms with van der Waals surface area (Å²) in [6, 6.07) is 12.7. The van der Waals surface area contributed by atoms with E-state index in [1.165, 1.54) is 35.7 Å². The third-order valence-corrected chi connectivity index (χ3v) is 7.63. The number of ether oxygens (including phenoxy) is 1. The molecule has 0 radical (unpaired) electrons. The van der Waals surface area contributed by atoms with Gasteiger partial charge in [0, 0.05) is 19.7 Å². The number of aliphatic hydroxyl groups excluding tert-OH is 2. The lowest BCUT2D eigenvalue weighted by Gasteiger charge is -2.31. The Balaban J connectivity index is 2.35. The second kappa shape index (κ2) is 14.7. The van der Waals surface area contributed by atoms with Crippen LogP contribution in [0.2, 0.25) is 0 Å². The van der Waals surface area contributed by atoms with E-state index in [1.807, 2.05) is 19.9 Å². The Kier molecular flexibility index (Phi) is 12.0. The molecule has 0 aliphatic rings. The topological polar surface area (TPSA) is 165 Å². The van der Waals surface area contributed by atoms with Gasteiger partial charge in [-0.25, -0.2) is 13.2 Å². The number of hydrogen-bond acceptors (Lipinski definition) is 7. The molecule has 0 fully saturated rings. The molecule has 2 rings (SSSR count). The third-order valence-electron chi connectivity index (χ3n) is 5.78. The molecule has 3 atom stereocenters. The number of hydrogen-bond donors (Lipinski definition) is 5. The number of nitrogens with one attached hydrogen (secondary N) is 2. The van der Waals surface area contributed by atoms with Crippen molar-refractivity contribution >= 4 is 22.0 Å². The molecule has 12 heteroatoms. The lowest BCUT2D eigenvalue weighted by Crippen LogP contribution is -2.55. The number of carbonyl (C=O) groups excluding carboxylic acids is 1. The maximum absolute atomic E-state index is 13.5. The van der Waals surface area contributed by atoms with Crippen LogP contribution < -0.4 is 15.4 Å². The standard InChI is InChI=1S/C26H37N3O8S/c1-18(2)16-29(38(35,36)21-11-9-20(37-3)10-12-21)17-24(31)23(15-19-7-5-4-6-8-19)27-25(32)22(13-14-30)28-26(33)34/h4-12,18,22-24,28,30-31H,13-17H2,1-3H3,(H,27,32)(H,33,34)/t22-,23-,24-/m0/s1. The molecule has 0 heterocycles. The van der Waals surface area contributed by atoms with Gasteiger partial charge in [-0.15, -0.1) is 0 Å². The molecular weight excluding hydrogens is 514 g/mol. The Morgan fingerprint density at radius 1 is 1.00 bits per heavy atom. The largest absolute Gasteiger partial charge is 0.497 e. The van der Waals surface area contributed by atoms with E-state index in [2.05, 4.69) is 10.6 Å². The van der Waals surface area contributed by atoms with E-state index in [0.29, 0.717) is 5.75 Å². The van der Waals surface area contributed by atoms with Gasteiger partial charge in [-0.2, -0.15) is 4.31 Å². The number of aliphatic hydroxyl groups is 2. The lowest BCUT2D eigenvalue weighted by molar-refractivity contribution is -0.125. The summed E-state index contributed by atoms with van der Waals surface area (Å²) in [5.74, 6) is -0.307. The Morgan fingerprint density at radius 3 is 2.16 bits per heavy atom. The first-order valence-corrected chi connectivity index (χ1v) is 13.7. The van der Waals surface area contributed by atoms with Gasteiger partial charge in [0.05, 0.1) is 24.2 Å². The first-order valence-electron chi connectivity index (χ1n) is 12.2. The molecule has 210 valence electrons. The van der Waals surface area contributed by atoms with Crippen LogP contribution in [0.4, 0.5) is 4.79 Å². The number of amides is 2. The van der Waals surface area contributed by atoms with Gasteiger partial charge >= 0.3 is 6.09 Å². The van der Waals surface area contributed by atoms with Crippen LogP contribution in [-0.4, -0.2) is 85.0 Å². The van der Waals surface area contributed by atoms with Gasteiger partial charge in [-0.1, -0.05) is 44.2 Å². The van der Waals surface area contributed by atoms with Crippen molar-refractivity contribution in [3.8, 4) is 5.75 Å². The minimum absolute atomic E-state index is 0.0310. The van der Waals surface area contributed by atoms with Gasteiger partial charge in [0.25, 0.3) is 0 Å².